The van der Waals surface area contributed by atoms with Crippen molar-refractivity contribution in [2.45, 2.75) is 20.8 Å². The molecule has 1 heterocycles. The molecule has 0 saturated carbocycles. The Morgan fingerprint density at radius 1 is 1.14 bits per heavy atom. The van der Waals surface area contributed by atoms with Gasteiger partial charge in [-0.2, -0.15) is 0 Å². The van der Waals surface area contributed by atoms with Crippen LogP contribution in [0.3, 0.4) is 0 Å². The third kappa shape index (κ3) is 1.70. The van der Waals surface area contributed by atoms with E-state index in [-0.39, 0.29) is 0 Å². The Labute approximate surface area is 88.4 Å². The van der Waals surface area contributed by atoms with E-state index in [1.807, 2.05) is 6.92 Å². The minimum absolute atomic E-state index is 1.10. The van der Waals surface area contributed by atoms with Gasteiger partial charge in [0.1, 0.15) is 0 Å². The van der Waals surface area contributed by atoms with Crippen molar-refractivity contribution in [1.29, 1.82) is 0 Å². The highest BCUT2D eigenvalue weighted by atomic mass is 32.1. The topological polar surface area (TPSA) is 12.9 Å². The van der Waals surface area contributed by atoms with E-state index < -0.39 is 0 Å². The van der Waals surface area contributed by atoms with Crippen molar-refractivity contribution in [2.75, 3.05) is 0 Å². The van der Waals surface area contributed by atoms with E-state index in [0.29, 0.717) is 0 Å². The lowest BCUT2D eigenvalue weighted by Crippen LogP contribution is -1.84. The number of benzene rings is 1. The first-order chi connectivity index (χ1) is 6.66. The van der Waals surface area contributed by atoms with Crippen LogP contribution in [0.4, 0.5) is 0 Å². The number of aryl methyl sites for hydroxylation is 3. The van der Waals surface area contributed by atoms with Gasteiger partial charge in [-0.3, -0.25) is 0 Å². The van der Waals surface area contributed by atoms with Gasteiger partial charge < -0.3 is 0 Å². The van der Waals surface area contributed by atoms with Crippen molar-refractivity contribution in [1.82, 2.24) is 4.98 Å². The first kappa shape index (κ1) is 9.41. The van der Waals surface area contributed by atoms with Crippen LogP contribution in [0.15, 0.2) is 23.6 Å². The summed E-state index contributed by atoms with van der Waals surface area (Å²) in [6.45, 7) is 6.29. The third-order valence-corrected chi connectivity index (χ3v) is 3.05. The van der Waals surface area contributed by atoms with E-state index in [9.17, 15) is 0 Å². The Balaban J connectivity index is 2.52. The van der Waals surface area contributed by atoms with E-state index in [0.717, 1.165) is 10.7 Å². The Kier molecular flexibility index (Phi) is 2.38. The van der Waals surface area contributed by atoms with Crippen LogP contribution in [0.2, 0.25) is 0 Å². The zero-order chi connectivity index (χ0) is 10.1. The molecule has 0 atom stereocenters. The predicted molar refractivity (Wildman–Crippen MR) is 61.8 cm³/mol. The van der Waals surface area contributed by atoms with Crippen LogP contribution in [0.5, 0.6) is 0 Å². The first-order valence-corrected chi connectivity index (χ1v) is 5.54. The van der Waals surface area contributed by atoms with Gasteiger partial charge in [0, 0.05) is 10.9 Å². The van der Waals surface area contributed by atoms with E-state index in [1.54, 1.807) is 11.3 Å². The predicted octanol–water partition coefficient (Wildman–Crippen LogP) is 3.74. The lowest BCUT2D eigenvalue weighted by atomic mass is 10.0. The molecule has 2 rings (SSSR count). The molecule has 0 aliphatic heterocycles. The van der Waals surface area contributed by atoms with Crippen molar-refractivity contribution in [3.63, 3.8) is 0 Å². The molecule has 1 aromatic carbocycles. The zero-order valence-corrected chi connectivity index (χ0v) is 9.48. The smallest absolute Gasteiger partial charge is 0.0901 e. The second-order valence-corrected chi connectivity index (χ2v) is 4.63. The SMILES string of the molecule is Cc1ccc(-c2csc(C)n2)c(C)c1. The minimum atomic E-state index is 1.10. The van der Waals surface area contributed by atoms with Crippen molar-refractivity contribution >= 4 is 11.3 Å². The molecule has 0 fully saturated rings. The Hall–Kier alpha value is -1.15. The number of hydrogen-bond acceptors (Lipinski definition) is 2. The highest BCUT2D eigenvalue weighted by molar-refractivity contribution is 7.09. The fourth-order valence-electron chi connectivity index (χ4n) is 1.59. The molecule has 0 radical (unpaired) electrons. The Bertz CT molecular complexity index is 457. The van der Waals surface area contributed by atoms with Crippen LogP contribution < -0.4 is 0 Å². The summed E-state index contributed by atoms with van der Waals surface area (Å²) in [7, 11) is 0. The highest BCUT2D eigenvalue weighted by Gasteiger charge is 2.04. The summed E-state index contributed by atoms with van der Waals surface area (Å²) in [5.41, 5.74) is 4.96. The molecule has 0 saturated heterocycles. The van der Waals surface area contributed by atoms with Crippen molar-refractivity contribution < 1.29 is 0 Å². The van der Waals surface area contributed by atoms with Crippen molar-refractivity contribution in [2.24, 2.45) is 0 Å². The fourth-order valence-corrected chi connectivity index (χ4v) is 2.20. The molecule has 14 heavy (non-hydrogen) atoms. The Morgan fingerprint density at radius 3 is 2.50 bits per heavy atom. The van der Waals surface area contributed by atoms with Gasteiger partial charge in [-0.25, -0.2) is 4.98 Å². The average Bonchev–Trinajstić information content (AvgIpc) is 2.51. The molecule has 0 bridgehead atoms. The standard InChI is InChI=1S/C12H13NS/c1-8-4-5-11(9(2)6-8)12-7-14-10(3)13-12/h4-7H,1-3H3. The number of aromatic nitrogens is 1. The second kappa shape index (κ2) is 3.54. The number of thiazole rings is 1. The maximum absolute atomic E-state index is 4.49. The molecule has 0 N–H and O–H groups in total. The normalized spacial score (nSPS) is 10.5. The molecular weight excluding hydrogens is 190 g/mol. The maximum Gasteiger partial charge on any atom is 0.0901 e. The van der Waals surface area contributed by atoms with Gasteiger partial charge >= 0.3 is 0 Å². The van der Waals surface area contributed by atoms with E-state index in [4.69, 9.17) is 0 Å². The fraction of sp³-hybridized carbons (Fsp3) is 0.250. The summed E-state index contributed by atoms with van der Waals surface area (Å²) in [6, 6.07) is 6.49. The molecule has 0 spiro atoms. The highest BCUT2D eigenvalue weighted by Crippen LogP contribution is 2.25. The molecular formula is C12H13NS. The van der Waals surface area contributed by atoms with Crippen LogP contribution in [0.1, 0.15) is 16.1 Å². The number of hydrogen-bond donors (Lipinski definition) is 0. The monoisotopic (exact) mass is 203 g/mol. The lowest BCUT2D eigenvalue weighted by molar-refractivity contribution is 1.28. The van der Waals surface area contributed by atoms with Crippen molar-refractivity contribution in [3.8, 4) is 11.3 Å². The molecule has 0 amide bonds. The molecule has 72 valence electrons. The molecule has 1 nitrogen and oxygen atoms in total. The van der Waals surface area contributed by atoms with Gasteiger partial charge in [0.2, 0.25) is 0 Å². The maximum atomic E-state index is 4.49. The lowest BCUT2D eigenvalue weighted by Gasteiger charge is -2.03. The van der Waals surface area contributed by atoms with Gasteiger partial charge in [0.15, 0.2) is 0 Å². The average molecular weight is 203 g/mol. The third-order valence-electron chi connectivity index (χ3n) is 2.28. The van der Waals surface area contributed by atoms with Crippen LogP contribution in [0.25, 0.3) is 11.3 Å². The summed E-state index contributed by atoms with van der Waals surface area (Å²) in [5.74, 6) is 0. The molecule has 2 heteroatoms. The van der Waals surface area contributed by atoms with Gasteiger partial charge in [0.05, 0.1) is 10.7 Å². The zero-order valence-electron chi connectivity index (χ0n) is 8.66. The number of nitrogens with zero attached hydrogens (tertiary/aromatic N) is 1. The molecule has 0 aliphatic rings. The summed E-state index contributed by atoms with van der Waals surface area (Å²) in [5, 5.41) is 3.24. The van der Waals surface area contributed by atoms with Gasteiger partial charge in [-0.1, -0.05) is 23.8 Å². The summed E-state index contributed by atoms with van der Waals surface area (Å²) in [6.07, 6.45) is 0. The molecule has 2 aromatic rings. The number of rotatable bonds is 1. The summed E-state index contributed by atoms with van der Waals surface area (Å²) in [4.78, 5) is 4.49. The largest absolute Gasteiger partial charge is 0.242 e. The van der Waals surface area contributed by atoms with Crippen LogP contribution >= 0.6 is 11.3 Å². The molecule has 0 aliphatic carbocycles. The summed E-state index contributed by atoms with van der Waals surface area (Å²) < 4.78 is 0. The summed E-state index contributed by atoms with van der Waals surface area (Å²) >= 11 is 1.70. The van der Waals surface area contributed by atoms with E-state index in [1.165, 1.54) is 16.7 Å². The van der Waals surface area contributed by atoms with Crippen LogP contribution in [-0.4, -0.2) is 4.98 Å². The first-order valence-electron chi connectivity index (χ1n) is 4.66. The minimum Gasteiger partial charge on any atom is -0.242 e. The van der Waals surface area contributed by atoms with E-state index in [2.05, 4.69) is 42.4 Å². The van der Waals surface area contributed by atoms with Crippen LogP contribution in [-0.2, 0) is 0 Å². The molecule has 0 unspecified atom stereocenters. The second-order valence-electron chi connectivity index (χ2n) is 3.57. The van der Waals surface area contributed by atoms with Gasteiger partial charge in [0.25, 0.3) is 0 Å². The van der Waals surface area contributed by atoms with Crippen LogP contribution in [0, 0.1) is 20.8 Å². The molecule has 1 aromatic heterocycles. The van der Waals surface area contributed by atoms with E-state index >= 15 is 0 Å². The Morgan fingerprint density at radius 2 is 1.93 bits per heavy atom. The van der Waals surface area contributed by atoms with Gasteiger partial charge in [-0.15, -0.1) is 11.3 Å². The van der Waals surface area contributed by atoms with Crippen molar-refractivity contribution in [3.05, 3.63) is 39.7 Å². The quantitative estimate of drug-likeness (QED) is 0.688. The van der Waals surface area contributed by atoms with Gasteiger partial charge in [-0.05, 0) is 26.3 Å².